The summed E-state index contributed by atoms with van der Waals surface area (Å²) in [5.74, 6) is -1.34. The second kappa shape index (κ2) is 11.4. The quantitative estimate of drug-likeness (QED) is 0.459. The minimum absolute atomic E-state index is 0.0305. The number of carbonyl (C=O) groups excluding carboxylic acids is 2. The lowest BCUT2D eigenvalue weighted by molar-refractivity contribution is -0.120. The summed E-state index contributed by atoms with van der Waals surface area (Å²) in [7, 11) is 3.87. The van der Waals surface area contributed by atoms with Gasteiger partial charge in [0.05, 0.1) is 17.9 Å². The third-order valence-corrected chi connectivity index (χ3v) is 7.42. The minimum atomic E-state index is -0.697. The Morgan fingerprint density at radius 2 is 1.74 bits per heavy atom. The van der Waals surface area contributed by atoms with E-state index in [1.165, 1.54) is 12.1 Å². The van der Waals surface area contributed by atoms with Crippen molar-refractivity contribution in [2.75, 3.05) is 57.0 Å². The van der Waals surface area contributed by atoms with Gasteiger partial charge in [-0.3, -0.25) is 19.5 Å². The van der Waals surface area contributed by atoms with Crippen molar-refractivity contribution in [3.63, 3.8) is 0 Å². The Kier molecular flexibility index (Phi) is 7.83. The van der Waals surface area contributed by atoms with E-state index in [-0.39, 0.29) is 11.8 Å². The average molecular weight is 529 g/mol. The van der Waals surface area contributed by atoms with Crippen molar-refractivity contribution in [3.8, 4) is 0 Å². The molecule has 1 saturated heterocycles. The van der Waals surface area contributed by atoms with Crippen molar-refractivity contribution in [2.24, 2.45) is 10.7 Å². The van der Waals surface area contributed by atoms with Crippen molar-refractivity contribution >= 4 is 34.6 Å². The zero-order valence-corrected chi connectivity index (χ0v) is 22.2. The first-order valence-corrected chi connectivity index (χ1v) is 13.1. The number of rotatable bonds is 7. The maximum Gasteiger partial charge on any atom is 0.240 e. The van der Waals surface area contributed by atoms with Gasteiger partial charge >= 0.3 is 0 Å². The van der Waals surface area contributed by atoms with Crippen LogP contribution in [0.3, 0.4) is 0 Å². The number of aliphatic imine (C=N–C) groups is 1. The molecule has 2 aliphatic heterocycles. The van der Waals surface area contributed by atoms with Crippen LogP contribution in [0, 0.1) is 5.82 Å². The molecule has 2 heterocycles. The maximum absolute atomic E-state index is 13.9. The Morgan fingerprint density at radius 3 is 2.41 bits per heavy atom. The Morgan fingerprint density at radius 1 is 1.05 bits per heavy atom. The predicted molar refractivity (Wildman–Crippen MR) is 152 cm³/mol. The van der Waals surface area contributed by atoms with E-state index in [0.717, 1.165) is 43.0 Å². The largest absolute Gasteiger partial charge is 0.326 e. The maximum atomic E-state index is 13.9. The molecule has 3 N–H and O–H groups in total. The summed E-state index contributed by atoms with van der Waals surface area (Å²) >= 11 is 0. The third kappa shape index (κ3) is 5.90. The molecular weight excluding hydrogens is 495 g/mol. The van der Waals surface area contributed by atoms with Gasteiger partial charge in [0, 0.05) is 51.1 Å². The van der Waals surface area contributed by atoms with Crippen LogP contribution in [0.15, 0.2) is 71.7 Å². The van der Waals surface area contributed by atoms with Gasteiger partial charge in [-0.1, -0.05) is 30.3 Å². The van der Waals surface area contributed by atoms with E-state index in [0.29, 0.717) is 35.7 Å². The summed E-state index contributed by atoms with van der Waals surface area (Å²) in [5, 5.41) is 2.79. The first-order valence-electron chi connectivity index (χ1n) is 13.1. The highest BCUT2D eigenvalue weighted by Crippen LogP contribution is 2.37. The average Bonchev–Trinajstić information content (AvgIpc) is 3.27. The number of nitrogens with one attached hydrogen (secondary N) is 1. The third-order valence-electron chi connectivity index (χ3n) is 7.42. The molecule has 0 saturated carbocycles. The van der Waals surface area contributed by atoms with E-state index in [1.54, 1.807) is 18.0 Å². The zero-order valence-electron chi connectivity index (χ0n) is 22.2. The van der Waals surface area contributed by atoms with Gasteiger partial charge in [-0.25, -0.2) is 4.39 Å². The second-order valence-corrected chi connectivity index (χ2v) is 10.1. The molecule has 0 bridgehead atoms. The SMILES string of the molecule is CN1CCN(CC(=O)N(C)c2ccc(N=C(c3ccc(CN)cc3)C3C(=O)Nc4cc(F)ccc43)cc2)CC1. The lowest BCUT2D eigenvalue weighted by Gasteiger charge is -2.32. The van der Waals surface area contributed by atoms with E-state index in [9.17, 15) is 14.0 Å². The predicted octanol–water partition coefficient (Wildman–Crippen LogP) is 3.35. The molecule has 1 fully saturated rings. The number of nitrogens with zero attached hydrogens (tertiary/aromatic N) is 4. The highest BCUT2D eigenvalue weighted by atomic mass is 19.1. The van der Waals surface area contributed by atoms with Crippen molar-refractivity contribution in [3.05, 3.63) is 89.2 Å². The van der Waals surface area contributed by atoms with Crippen molar-refractivity contribution in [2.45, 2.75) is 12.5 Å². The van der Waals surface area contributed by atoms with E-state index < -0.39 is 11.7 Å². The van der Waals surface area contributed by atoms with Crippen LogP contribution >= 0.6 is 0 Å². The second-order valence-electron chi connectivity index (χ2n) is 10.1. The van der Waals surface area contributed by atoms with Gasteiger partial charge in [0.15, 0.2) is 0 Å². The number of fused-ring (bicyclic) bond motifs is 1. The molecule has 1 unspecified atom stereocenters. The lowest BCUT2D eigenvalue weighted by Crippen LogP contribution is -2.48. The Labute approximate surface area is 227 Å². The first kappa shape index (κ1) is 26.7. The molecule has 0 aliphatic carbocycles. The fraction of sp³-hybridized carbons (Fsp3) is 0.300. The van der Waals surface area contributed by atoms with Crippen molar-refractivity contribution < 1.29 is 14.0 Å². The molecule has 9 heteroatoms. The molecule has 5 rings (SSSR count). The van der Waals surface area contributed by atoms with Gasteiger partial charge in [0.25, 0.3) is 0 Å². The monoisotopic (exact) mass is 528 g/mol. The molecule has 1 atom stereocenters. The Bertz CT molecular complexity index is 1380. The molecule has 8 nitrogen and oxygen atoms in total. The van der Waals surface area contributed by atoms with Crippen molar-refractivity contribution in [1.29, 1.82) is 0 Å². The summed E-state index contributed by atoms with van der Waals surface area (Å²) in [6.07, 6.45) is 0. The topological polar surface area (TPSA) is 94.3 Å². The molecule has 0 radical (unpaired) electrons. The molecule has 39 heavy (non-hydrogen) atoms. The van der Waals surface area contributed by atoms with Crippen LogP contribution in [0.1, 0.15) is 22.6 Å². The summed E-state index contributed by atoms with van der Waals surface area (Å²) in [6.45, 7) is 4.46. The summed E-state index contributed by atoms with van der Waals surface area (Å²) in [4.78, 5) is 37.0. The number of anilines is 2. The standard InChI is InChI=1S/C30H33FN6O2/c1-35-13-15-37(16-14-35)19-27(38)36(2)24-10-8-23(9-11-24)33-29(21-5-3-20(18-32)4-6-21)28-25-12-7-22(31)17-26(25)34-30(28)39/h3-12,17,28H,13-16,18-19,32H2,1-2H3,(H,34,39). The molecular formula is C30H33FN6O2. The van der Waals surface area contributed by atoms with Crippen LogP contribution in [0.2, 0.25) is 0 Å². The van der Waals surface area contributed by atoms with Crippen LogP contribution in [-0.2, 0) is 16.1 Å². The van der Waals surface area contributed by atoms with Gasteiger partial charge < -0.3 is 20.9 Å². The highest BCUT2D eigenvalue weighted by molar-refractivity contribution is 6.24. The fourth-order valence-corrected chi connectivity index (χ4v) is 4.95. The minimum Gasteiger partial charge on any atom is -0.326 e. The number of piperazine rings is 1. The molecule has 2 aliphatic rings. The van der Waals surface area contributed by atoms with E-state index in [1.807, 2.05) is 48.5 Å². The summed E-state index contributed by atoms with van der Waals surface area (Å²) in [6, 6.07) is 19.3. The van der Waals surface area contributed by atoms with E-state index >= 15 is 0 Å². The number of hydrogen-bond donors (Lipinski definition) is 2. The number of nitrogens with two attached hydrogens (primary N) is 1. The van der Waals surface area contributed by atoms with E-state index in [2.05, 4.69) is 22.2 Å². The smallest absolute Gasteiger partial charge is 0.240 e. The van der Waals surface area contributed by atoms with Crippen LogP contribution in [0.25, 0.3) is 0 Å². The van der Waals surface area contributed by atoms with Gasteiger partial charge in [-0.05, 0) is 60.1 Å². The number of likely N-dealkylation sites (N-methyl/N-ethyl adjacent to an activating group) is 2. The Hall–Kier alpha value is -3.92. The molecule has 0 aromatic heterocycles. The number of benzene rings is 3. The molecule has 0 spiro atoms. The van der Waals surface area contributed by atoms with Crippen LogP contribution in [0.5, 0.6) is 0 Å². The molecule has 3 aromatic rings. The fourth-order valence-electron chi connectivity index (χ4n) is 4.95. The number of halogens is 1. The van der Waals surface area contributed by atoms with E-state index in [4.69, 9.17) is 10.7 Å². The van der Waals surface area contributed by atoms with Crippen LogP contribution < -0.4 is 16.0 Å². The van der Waals surface area contributed by atoms with Crippen LogP contribution in [0.4, 0.5) is 21.5 Å². The molecule has 202 valence electrons. The van der Waals surface area contributed by atoms with Gasteiger partial charge in [-0.2, -0.15) is 0 Å². The number of carbonyl (C=O) groups is 2. The van der Waals surface area contributed by atoms with Gasteiger partial charge in [0.1, 0.15) is 11.7 Å². The molecule has 2 amide bonds. The van der Waals surface area contributed by atoms with Gasteiger partial charge in [-0.15, -0.1) is 0 Å². The summed E-state index contributed by atoms with van der Waals surface area (Å²) < 4.78 is 13.9. The number of hydrogen-bond acceptors (Lipinski definition) is 6. The van der Waals surface area contributed by atoms with Gasteiger partial charge in [0.2, 0.25) is 11.8 Å². The highest BCUT2D eigenvalue weighted by Gasteiger charge is 2.35. The van der Waals surface area contributed by atoms with Crippen molar-refractivity contribution in [1.82, 2.24) is 9.80 Å². The molecule has 3 aromatic carbocycles. The lowest BCUT2D eigenvalue weighted by atomic mass is 9.90. The normalized spacial score (nSPS) is 18.1. The zero-order chi connectivity index (χ0) is 27.5. The Balaban J connectivity index is 1.41. The number of amides is 2. The van der Waals surface area contributed by atoms with Crippen LogP contribution in [-0.4, -0.2) is 74.1 Å². The summed E-state index contributed by atoms with van der Waals surface area (Å²) in [5.41, 5.74) is 10.6. The first-order chi connectivity index (χ1) is 18.8.